The molecule has 76 valence electrons. The first-order chi connectivity index (χ1) is 5.37. The zero-order valence-electron chi connectivity index (χ0n) is 9.09. The van der Waals surface area contributed by atoms with E-state index < -0.39 is 0 Å². The first-order valence-electron chi connectivity index (χ1n) is 4.66. The summed E-state index contributed by atoms with van der Waals surface area (Å²) in [4.78, 5) is 0. The van der Waals surface area contributed by atoms with Crippen molar-refractivity contribution in [2.24, 2.45) is 5.41 Å². The van der Waals surface area contributed by atoms with Crippen LogP contribution in [0.15, 0.2) is 0 Å². The number of hydrogen-bond acceptors (Lipinski definition) is 2. The lowest BCUT2D eigenvalue weighted by molar-refractivity contribution is 0.166. The molecule has 0 atom stereocenters. The van der Waals surface area contributed by atoms with Gasteiger partial charge < -0.3 is 10.2 Å². The maximum absolute atomic E-state index is 8.67. The molecular weight excluding hydrogens is 152 g/mol. The highest BCUT2D eigenvalue weighted by Gasteiger charge is 2.05. The SMILES string of the molecule is CC(C)(C)CO.CCC(O)CC. The van der Waals surface area contributed by atoms with Crippen LogP contribution in [0.5, 0.6) is 0 Å². The lowest BCUT2D eigenvalue weighted by Crippen LogP contribution is -2.09. The van der Waals surface area contributed by atoms with E-state index >= 15 is 0 Å². The minimum Gasteiger partial charge on any atom is -0.396 e. The van der Waals surface area contributed by atoms with Gasteiger partial charge in [0.1, 0.15) is 0 Å². The Morgan fingerprint density at radius 3 is 1.33 bits per heavy atom. The normalized spacial score (nSPS) is 11.0. The number of hydrogen-bond donors (Lipinski definition) is 2. The number of aliphatic hydroxyl groups excluding tert-OH is 2. The maximum Gasteiger partial charge on any atom is 0.0535 e. The minimum atomic E-state index is -0.0648. The van der Waals surface area contributed by atoms with Crippen LogP contribution in [0.2, 0.25) is 0 Å². The quantitative estimate of drug-likeness (QED) is 0.677. The second kappa shape index (κ2) is 7.56. The van der Waals surface area contributed by atoms with E-state index in [1.807, 2.05) is 34.6 Å². The van der Waals surface area contributed by atoms with Gasteiger partial charge in [0.15, 0.2) is 0 Å². The van der Waals surface area contributed by atoms with Gasteiger partial charge >= 0.3 is 0 Å². The summed E-state index contributed by atoms with van der Waals surface area (Å²) in [6, 6.07) is 0. The average Bonchev–Trinajstić information content (AvgIpc) is 2.03. The second-order valence-electron chi connectivity index (χ2n) is 4.19. The summed E-state index contributed by atoms with van der Waals surface area (Å²) in [7, 11) is 0. The Morgan fingerprint density at radius 2 is 1.33 bits per heavy atom. The van der Waals surface area contributed by atoms with Crippen LogP contribution in [0.1, 0.15) is 47.5 Å². The van der Waals surface area contributed by atoms with Crippen LogP contribution in [-0.2, 0) is 0 Å². The van der Waals surface area contributed by atoms with Crippen molar-refractivity contribution in [1.82, 2.24) is 0 Å². The molecule has 12 heavy (non-hydrogen) atoms. The molecule has 0 bridgehead atoms. The zero-order chi connectivity index (χ0) is 10.2. The zero-order valence-corrected chi connectivity index (χ0v) is 9.09. The molecule has 0 saturated heterocycles. The molecule has 0 radical (unpaired) electrons. The fraction of sp³-hybridized carbons (Fsp3) is 1.00. The van der Waals surface area contributed by atoms with Crippen molar-refractivity contribution in [3.63, 3.8) is 0 Å². The molecule has 0 aromatic carbocycles. The monoisotopic (exact) mass is 176 g/mol. The summed E-state index contributed by atoms with van der Waals surface area (Å²) in [5.74, 6) is 0. The predicted molar refractivity (Wildman–Crippen MR) is 53.1 cm³/mol. The molecule has 0 aliphatic rings. The van der Waals surface area contributed by atoms with Gasteiger partial charge in [-0.05, 0) is 18.3 Å². The third-order valence-electron chi connectivity index (χ3n) is 1.42. The first-order valence-corrected chi connectivity index (χ1v) is 4.66. The van der Waals surface area contributed by atoms with Gasteiger partial charge in [-0.25, -0.2) is 0 Å². The molecule has 2 nitrogen and oxygen atoms in total. The molecule has 0 aliphatic heterocycles. The fourth-order valence-electron chi connectivity index (χ4n) is 0.289. The Hall–Kier alpha value is -0.0800. The predicted octanol–water partition coefficient (Wildman–Crippen LogP) is 2.19. The fourth-order valence-corrected chi connectivity index (χ4v) is 0.289. The average molecular weight is 176 g/mol. The summed E-state index contributed by atoms with van der Waals surface area (Å²) in [6.45, 7) is 10.2. The van der Waals surface area contributed by atoms with Gasteiger partial charge in [-0.15, -0.1) is 0 Å². The Labute approximate surface area is 76.6 Å². The second-order valence-corrected chi connectivity index (χ2v) is 4.19. The van der Waals surface area contributed by atoms with E-state index in [4.69, 9.17) is 10.2 Å². The molecule has 0 amide bonds. The summed E-state index contributed by atoms with van der Waals surface area (Å²) < 4.78 is 0. The van der Waals surface area contributed by atoms with Gasteiger partial charge in [0.05, 0.1) is 6.10 Å². The molecule has 0 spiro atoms. The molecule has 0 heterocycles. The number of rotatable bonds is 2. The first kappa shape index (κ1) is 14.4. The Kier molecular flexibility index (Phi) is 9.10. The van der Waals surface area contributed by atoms with Crippen LogP contribution in [0.3, 0.4) is 0 Å². The third kappa shape index (κ3) is 16.5. The summed E-state index contributed by atoms with van der Waals surface area (Å²) in [5.41, 5.74) is 0.0972. The summed E-state index contributed by atoms with van der Waals surface area (Å²) in [6.07, 6.45) is 1.71. The van der Waals surface area contributed by atoms with Crippen molar-refractivity contribution >= 4 is 0 Å². The molecule has 0 aromatic heterocycles. The van der Waals surface area contributed by atoms with Crippen molar-refractivity contribution in [2.45, 2.75) is 53.6 Å². The highest BCUT2D eigenvalue weighted by molar-refractivity contribution is 4.55. The maximum atomic E-state index is 8.67. The van der Waals surface area contributed by atoms with Crippen molar-refractivity contribution in [3.05, 3.63) is 0 Å². The van der Waals surface area contributed by atoms with Crippen molar-refractivity contribution in [2.75, 3.05) is 6.61 Å². The van der Waals surface area contributed by atoms with Gasteiger partial charge in [0.2, 0.25) is 0 Å². The Bertz CT molecular complexity index is 80.3. The largest absolute Gasteiger partial charge is 0.396 e. The van der Waals surface area contributed by atoms with Crippen molar-refractivity contribution in [1.29, 1.82) is 0 Å². The van der Waals surface area contributed by atoms with Gasteiger partial charge in [0, 0.05) is 6.61 Å². The molecule has 0 unspecified atom stereocenters. The molecule has 0 saturated carbocycles. The molecule has 2 heteroatoms. The Morgan fingerprint density at radius 1 is 1.08 bits per heavy atom. The van der Waals surface area contributed by atoms with Crippen LogP contribution >= 0.6 is 0 Å². The topological polar surface area (TPSA) is 40.5 Å². The van der Waals surface area contributed by atoms with Crippen LogP contribution in [0.25, 0.3) is 0 Å². The van der Waals surface area contributed by atoms with Crippen molar-refractivity contribution < 1.29 is 10.2 Å². The van der Waals surface area contributed by atoms with Gasteiger partial charge in [-0.2, -0.15) is 0 Å². The van der Waals surface area contributed by atoms with E-state index in [-0.39, 0.29) is 18.1 Å². The van der Waals surface area contributed by atoms with Crippen LogP contribution in [0.4, 0.5) is 0 Å². The van der Waals surface area contributed by atoms with Crippen molar-refractivity contribution in [3.8, 4) is 0 Å². The smallest absolute Gasteiger partial charge is 0.0535 e. The molecule has 2 N–H and O–H groups in total. The summed E-state index contributed by atoms with van der Waals surface area (Å²) >= 11 is 0. The van der Waals surface area contributed by atoms with E-state index in [9.17, 15) is 0 Å². The molecule has 0 fully saturated rings. The summed E-state index contributed by atoms with van der Waals surface area (Å²) in [5, 5.41) is 17.1. The molecule has 0 aromatic rings. The molecule has 0 rings (SSSR count). The molecular formula is C10H24O2. The van der Waals surface area contributed by atoms with E-state index in [1.165, 1.54) is 0 Å². The van der Waals surface area contributed by atoms with Crippen LogP contribution < -0.4 is 0 Å². The highest BCUT2D eigenvalue weighted by Crippen LogP contribution is 2.09. The van der Waals surface area contributed by atoms with Crippen LogP contribution in [-0.4, -0.2) is 22.9 Å². The molecule has 0 aliphatic carbocycles. The highest BCUT2D eigenvalue weighted by atomic mass is 16.3. The van der Waals surface area contributed by atoms with Gasteiger partial charge in [0.25, 0.3) is 0 Å². The Balaban J connectivity index is 0. The minimum absolute atomic E-state index is 0.0648. The van der Waals surface area contributed by atoms with E-state index in [1.54, 1.807) is 0 Å². The van der Waals surface area contributed by atoms with E-state index in [0.717, 1.165) is 12.8 Å². The van der Waals surface area contributed by atoms with E-state index in [0.29, 0.717) is 0 Å². The van der Waals surface area contributed by atoms with E-state index in [2.05, 4.69) is 0 Å². The standard InChI is InChI=1S/2C5H12O/c1-5(2,3)4-6;1-3-5(6)4-2/h6H,4H2,1-3H3;5-6H,3-4H2,1-2H3. The lowest BCUT2D eigenvalue weighted by Gasteiger charge is -2.11. The number of aliphatic hydroxyl groups is 2. The van der Waals surface area contributed by atoms with Crippen LogP contribution in [0, 0.1) is 5.41 Å². The van der Waals surface area contributed by atoms with Gasteiger partial charge in [-0.3, -0.25) is 0 Å². The van der Waals surface area contributed by atoms with Gasteiger partial charge in [-0.1, -0.05) is 34.6 Å². The lowest BCUT2D eigenvalue weighted by atomic mass is 9.99. The third-order valence-corrected chi connectivity index (χ3v) is 1.42.